The van der Waals surface area contributed by atoms with Crippen LogP contribution in [-0.2, 0) is 41.0 Å². The first-order chi connectivity index (χ1) is 19.3. The van der Waals surface area contributed by atoms with Crippen molar-refractivity contribution in [1.29, 1.82) is 0 Å². The predicted octanol–water partition coefficient (Wildman–Crippen LogP) is 4.75. The number of anilines is 1. The average molecular weight is 630 g/mol. The van der Waals surface area contributed by atoms with Gasteiger partial charge in [-0.15, -0.1) is 0 Å². The molecule has 0 bridgehead atoms. The number of nitrogens with two attached hydrogens (primary N) is 1. The van der Waals surface area contributed by atoms with E-state index in [0.29, 0.717) is 17.2 Å². The molecule has 0 amide bonds. The Kier molecular flexibility index (Phi) is 8.48. The molecule has 14 heteroatoms. The number of rotatable bonds is 12. The van der Waals surface area contributed by atoms with Crippen LogP contribution in [0.2, 0.25) is 0 Å². The van der Waals surface area contributed by atoms with Gasteiger partial charge in [0.25, 0.3) is 11.5 Å². The monoisotopic (exact) mass is 629 g/mol. The molecule has 0 fully saturated rings. The summed E-state index contributed by atoms with van der Waals surface area (Å²) in [7, 11) is -3.81. The van der Waals surface area contributed by atoms with Crippen molar-refractivity contribution in [1.82, 2.24) is 19.5 Å². The van der Waals surface area contributed by atoms with Crippen LogP contribution in [0.1, 0.15) is 11.1 Å². The van der Waals surface area contributed by atoms with E-state index in [1.54, 1.807) is 4.57 Å². The summed E-state index contributed by atoms with van der Waals surface area (Å²) in [6.45, 7) is 3.89. The number of aromatic nitrogens is 4. The molecule has 5 rings (SSSR count). The Labute approximate surface area is 237 Å². The maximum Gasteiger partial charge on any atom is 0.356 e. The first-order valence-electron chi connectivity index (χ1n) is 12.0. The summed E-state index contributed by atoms with van der Waals surface area (Å²) < 4.78 is 44.8. The summed E-state index contributed by atoms with van der Waals surface area (Å²) in [5, 5.41) is 0. The van der Waals surface area contributed by atoms with Gasteiger partial charge in [-0.3, -0.25) is 18.9 Å². The van der Waals surface area contributed by atoms with Gasteiger partial charge in [-0.05, 0) is 24.3 Å². The van der Waals surface area contributed by atoms with Crippen LogP contribution in [0.4, 0.5) is 5.95 Å². The number of hydrogen-bond donors (Lipinski definition) is 2. The number of fused-ring (bicyclic) bond motifs is 1. The van der Waals surface area contributed by atoms with Gasteiger partial charge >= 0.3 is 7.60 Å². The standard InChI is InChI=1S/C26H25BrN5O7P/c1-17-38-21(23(39-17)19-7-3-2-4-8-19)14-37-40(34,36-13-18-6-5-9-20(27)12-18)16-35-11-10-32-15-29-22-24(32)30-26(28)31-25(22)33/h2-9,12,15H,1,10-11,13-14,16H2,(H3,28,30,31,33). The van der Waals surface area contributed by atoms with Crippen LogP contribution in [-0.4, -0.2) is 39.1 Å². The lowest BCUT2D eigenvalue weighted by molar-refractivity contribution is 0.115. The van der Waals surface area contributed by atoms with Crippen LogP contribution in [0, 0.1) is 0 Å². The lowest BCUT2D eigenvalue weighted by atomic mass is 10.2. The molecule has 0 aliphatic carbocycles. The molecule has 2 aromatic carbocycles. The number of H-pyrrole nitrogens is 1. The predicted molar refractivity (Wildman–Crippen MR) is 151 cm³/mol. The zero-order valence-electron chi connectivity index (χ0n) is 21.1. The number of nitrogens with one attached hydrogen (secondary N) is 1. The largest absolute Gasteiger partial charge is 0.424 e. The number of halogens is 1. The molecule has 0 spiro atoms. The molecule has 208 valence electrons. The molecule has 1 atom stereocenters. The minimum absolute atomic E-state index is 0.0207. The fourth-order valence-electron chi connectivity index (χ4n) is 3.82. The van der Waals surface area contributed by atoms with Crippen LogP contribution in [0.3, 0.4) is 0 Å². The topological polar surface area (TPSA) is 153 Å². The molecular weight excluding hydrogens is 605 g/mol. The molecule has 3 heterocycles. The summed E-state index contributed by atoms with van der Waals surface area (Å²) >= 11 is 3.42. The van der Waals surface area contributed by atoms with Crippen molar-refractivity contribution in [2.45, 2.75) is 13.2 Å². The number of aromatic amines is 1. The zero-order valence-corrected chi connectivity index (χ0v) is 23.6. The number of nitrogens with zero attached hydrogens (tertiary/aromatic N) is 3. The fourth-order valence-corrected chi connectivity index (χ4v) is 5.50. The number of imidazole rings is 1. The third-order valence-electron chi connectivity index (χ3n) is 5.67. The van der Waals surface area contributed by atoms with Gasteiger partial charge in [-0.1, -0.05) is 58.4 Å². The number of hydrogen-bond acceptors (Lipinski definition) is 10. The van der Waals surface area contributed by atoms with Crippen molar-refractivity contribution < 1.29 is 27.8 Å². The molecule has 4 aromatic rings. The van der Waals surface area contributed by atoms with Gasteiger partial charge < -0.3 is 29.0 Å². The van der Waals surface area contributed by atoms with E-state index < -0.39 is 13.2 Å². The molecule has 3 N–H and O–H groups in total. The Morgan fingerprint density at radius 2 is 1.90 bits per heavy atom. The normalized spacial score (nSPS) is 14.8. The summed E-state index contributed by atoms with van der Waals surface area (Å²) in [4.78, 5) is 22.6. The van der Waals surface area contributed by atoms with Gasteiger partial charge in [0, 0.05) is 16.6 Å². The highest BCUT2D eigenvalue weighted by atomic mass is 79.9. The molecule has 0 radical (unpaired) electrons. The number of ether oxygens (including phenoxy) is 3. The highest BCUT2D eigenvalue weighted by Crippen LogP contribution is 2.50. The SMILES string of the molecule is C=C1OC(COP(=O)(COCCn2cnc3c(=O)[nH]c(N)nc32)OCc2cccc(Br)c2)=C(c2ccccc2)O1. The van der Waals surface area contributed by atoms with E-state index in [1.165, 1.54) is 6.33 Å². The molecule has 1 unspecified atom stereocenters. The second-order valence-electron chi connectivity index (χ2n) is 8.58. The van der Waals surface area contributed by atoms with Crippen molar-refractivity contribution >= 4 is 46.4 Å². The van der Waals surface area contributed by atoms with Gasteiger partial charge in [-0.2, -0.15) is 4.98 Å². The fraction of sp³-hybridized carbons (Fsp3) is 0.192. The Balaban J connectivity index is 1.28. The van der Waals surface area contributed by atoms with Gasteiger partial charge in [0.15, 0.2) is 22.7 Å². The number of nitrogen functional groups attached to an aromatic ring is 1. The van der Waals surface area contributed by atoms with E-state index in [9.17, 15) is 9.36 Å². The maximum absolute atomic E-state index is 13.8. The molecule has 0 saturated carbocycles. The highest BCUT2D eigenvalue weighted by molar-refractivity contribution is 9.10. The zero-order chi connectivity index (χ0) is 28.1. The van der Waals surface area contributed by atoms with E-state index in [2.05, 4.69) is 37.5 Å². The molecule has 2 aromatic heterocycles. The average Bonchev–Trinajstić information content (AvgIpc) is 3.52. The van der Waals surface area contributed by atoms with Crippen LogP contribution in [0.5, 0.6) is 0 Å². The quantitative estimate of drug-likeness (QED) is 0.166. The Bertz CT molecular complexity index is 1670. The van der Waals surface area contributed by atoms with Crippen LogP contribution in [0.15, 0.2) is 88.5 Å². The van der Waals surface area contributed by atoms with Crippen LogP contribution in [0.25, 0.3) is 16.9 Å². The molecular formula is C26H25BrN5O7P. The number of benzene rings is 2. The second kappa shape index (κ2) is 12.2. The van der Waals surface area contributed by atoms with Crippen molar-refractivity contribution in [2.75, 3.05) is 25.3 Å². The smallest absolute Gasteiger partial charge is 0.356 e. The summed E-state index contributed by atoms with van der Waals surface area (Å²) in [6.07, 6.45) is 1.11. The maximum atomic E-state index is 13.8. The van der Waals surface area contributed by atoms with Crippen molar-refractivity contribution in [3.8, 4) is 0 Å². The summed E-state index contributed by atoms with van der Waals surface area (Å²) in [5.41, 5.74) is 7.23. The lowest BCUT2D eigenvalue weighted by Crippen LogP contribution is -2.13. The molecule has 0 saturated heterocycles. The lowest BCUT2D eigenvalue weighted by Gasteiger charge is -2.19. The van der Waals surface area contributed by atoms with Gasteiger partial charge in [-0.25, -0.2) is 4.98 Å². The van der Waals surface area contributed by atoms with E-state index in [4.69, 9.17) is 29.0 Å². The van der Waals surface area contributed by atoms with Gasteiger partial charge in [0.05, 0.1) is 19.5 Å². The summed E-state index contributed by atoms with van der Waals surface area (Å²) in [5.74, 6) is 0.781. The molecule has 1 aliphatic rings. The van der Waals surface area contributed by atoms with Crippen molar-refractivity contribution in [3.63, 3.8) is 0 Å². The van der Waals surface area contributed by atoms with Crippen LogP contribution < -0.4 is 11.3 Å². The Morgan fingerprint density at radius 3 is 2.70 bits per heavy atom. The van der Waals surface area contributed by atoms with Gasteiger partial charge in [0.2, 0.25) is 5.95 Å². The van der Waals surface area contributed by atoms with E-state index in [-0.39, 0.29) is 50.1 Å². The first kappa shape index (κ1) is 27.8. The first-order valence-corrected chi connectivity index (χ1v) is 14.6. The molecule has 40 heavy (non-hydrogen) atoms. The summed E-state index contributed by atoms with van der Waals surface area (Å²) in [6, 6.07) is 16.7. The van der Waals surface area contributed by atoms with Crippen LogP contribution >= 0.6 is 23.5 Å². The van der Waals surface area contributed by atoms with Crippen molar-refractivity contribution in [2.24, 2.45) is 0 Å². The Morgan fingerprint density at radius 1 is 1.10 bits per heavy atom. The molecule has 12 nitrogen and oxygen atoms in total. The highest BCUT2D eigenvalue weighted by Gasteiger charge is 2.30. The third kappa shape index (κ3) is 6.69. The van der Waals surface area contributed by atoms with E-state index >= 15 is 0 Å². The minimum atomic E-state index is -3.81. The third-order valence-corrected chi connectivity index (χ3v) is 7.71. The van der Waals surface area contributed by atoms with E-state index in [0.717, 1.165) is 15.6 Å². The van der Waals surface area contributed by atoms with Gasteiger partial charge in [0.1, 0.15) is 13.0 Å². The second-order valence-corrected chi connectivity index (χ2v) is 11.5. The van der Waals surface area contributed by atoms with E-state index in [1.807, 2.05) is 54.6 Å². The molecule has 1 aliphatic heterocycles. The van der Waals surface area contributed by atoms with Crippen molar-refractivity contribution in [3.05, 3.63) is 105 Å². The Hall–Kier alpha value is -3.74. The minimum Gasteiger partial charge on any atom is -0.424 e.